The van der Waals surface area contributed by atoms with Gasteiger partial charge in [-0.2, -0.15) is 0 Å². The van der Waals surface area contributed by atoms with Crippen LogP contribution < -0.4 is 11.3 Å². The second-order valence-corrected chi connectivity index (χ2v) is 4.88. The van der Waals surface area contributed by atoms with Crippen molar-refractivity contribution in [1.82, 2.24) is 5.43 Å². The fraction of sp³-hybridized carbons (Fsp3) is 0.154. The molecule has 94 valence electrons. The van der Waals surface area contributed by atoms with E-state index < -0.39 is 0 Å². The van der Waals surface area contributed by atoms with E-state index in [1.807, 2.05) is 25.1 Å². The van der Waals surface area contributed by atoms with Crippen LogP contribution in [0.25, 0.3) is 0 Å². The Kier molecular flexibility index (Phi) is 4.07. The van der Waals surface area contributed by atoms with Gasteiger partial charge in [0, 0.05) is 4.90 Å². The summed E-state index contributed by atoms with van der Waals surface area (Å²) in [5.41, 5.74) is 3.80. The quantitative estimate of drug-likeness (QED) is 0.384. The summed E-state index contributed by atoms with van der Waals surface area (Å²) in [6.07, 6.45) is 1.50. The number of hydrogen-bond acceptors (Lipinski definition) is 4. The number of nitrogens with one attached hydrogen (secondary N) is 1. The molecule has 5 heteroatoms. The van der Waals surface area contributed by atoms with E-state index in [0.717, 1.165) is 4.90 Å². The van der Waals surface area contributed by atoms with Crippen LogP contribution in [0.2, 0.25) is 0 Å². The van der Waals surface area contributed by atoms with Gasteiger partial charge in [-0.3, -0.25) is 10.2 Å². The highest BCUT2D eigenvalue weighted by Crippen LogP contribution is 2.25. The summed E-state index contributed by atoms with van der Waals surface area (Å²) in [7, 11) is 0. The summed E-state index contributed by atoms with van der Waals surface area (Å²) in [4.78, 5) is 12.6. The normalized spacial score (nSPS) is 10.3. The highest BCUT2D eigenvalue weighted by atomic mass is 32.2. The van der Waals surface area contributed by atoms with Gasteiger partial charge in [0.25, 0.3) is 5.91 Å². The topological polar surface area (TPSA) is 68.3 Å². The Labute approximate surface area is 110 Å². The number of thioether (sulfide) groups is 1. The van der Waals surface area contributed by atoms with Gasteiger partial charge in [0.05, 0.1) is 17.6 Å². The molecule has 1 heterocycles. The van der Waals surface area contributed by atoms with Crippen molar-refractivity contribution < 1.29 is 9.21 Å². The molecule has 0 fully saturated rings. The van der Waals surface area contributed by atoms with Crippen molar-refractivity contribution in [3.05, 3.63) is 53.5 Å². The van der Waals surface area contributed by atoms with Crippen molar-refractivity contribution >= 4 is 17.7 Å². The lowest BCUT2D eigenvalue weighted by Gasteiger charge is -2.03. The molecule has 3 N–H and O–H groups in total. The molecule has 0 atom stereocenters. The van der Waals surface area contributed by atoms with E-state index in [4.69, 9.17) is 10.3 Å². The second-order valence-electron chi connectivity index (χ2n) is 3.84. The van der Waals surface area contributed by atoms with Crippen LogP contribution in [-0.4, -0.2) is 5.91 Å². The van der Waals surface area contributed by atoms with Crippen molar-refractivity contribution in [2.45, 2.75) is 17.6 Å². The summed E-state index contributed by atoms with van der Waals surface area (Å²) < 4.78 is 5.30. The lowest BCUT2D eigenvalue weighted by Crippen LogP contribution is -2.30. The van der Waals surface area contributed by atoms with Gasteiger partial charge in [0.15, 0.2) is 0 Å². The molecule has 0 bridgehead atoms. The first-order chi connectivity index (χ1) is 8.70. The highest BCUT2D eigenvalue weighted by Gasteiger charge is 2.13. The molecule has 1 aromatic carbocycles. The first-order valence-corrected chi connectivity index (χ1v) is 6.46. The third-order valence-corrected chi connectivity index (χ3v) is 3.47. The summed E-state index contributed by atoms with van der Waals surface area (Å²) in [5.74, 6) is 6.01. The number of aryl methyl sites for hydroxylation is 1. The van der Waals surface area contributed by atoms with Crippen molar-refractivity contribution in [2.24, 2.45) is 5.84 Å². The Morgan fingerprint density at radius 3 is 3.00 bits per heavy atom. The van der Waals surface area contributed by atoms with Crippen molar-refractivity contribution in [1.29, 1.82) is 0 Å². The van der Waals surface area contributed by atoms with Crippen LogP contribution >= 0.6 is 11.8 Å². The number of nitrogen functional groups attached to an aromatic ring is 1. The number of hydrazine groups is 1. The summed E-state index contributed by atoms with van der Waals surface area (Å²) in [5, 5.41) is 0. The summed E-state index contributed by atoms with van der Waals surface area (Å²) >= 11 is 1.62. The van der Waals surface area contributed by atoms with Gasteiger partial charge in [-0.25, -0.2) is 5.84 Å². The van der Waals surface area contributed by atoms with Crippen LogP contribution in [0.3, 0.4) is 0 Å². The van der Waals surface area contributed by atoms with E-state index in [1.165, 1.54) is 11.8 Å². The van der Waals surface area contributed by atoms with E-state index >= 15 is 0 Å². The maximum atomic E-state index is 11.5. The lowest BCUT2D eigenvalue weighted by atomic mass is 10.2. The Bertz CT molecular complexity index is 551. The zero-order chi connectivity index (χ0) is 13.0. The van der Waals surface area contributed by atoms with Gasteiger partial charge in [-0.05, 0) is 25.1 Å². The predicted octanol–water partition coefficient (Wildman–Crippen LogP) is 2.48. The van der Waals surface area contributed by atoms with Crippen LogP contribution in [0, 0.1) is 6.92 Å². The average molecular weight is 262 g/mol. The molecule has 18 heavy (non-hydrogen) atoms. The smallest absolute Gasteiger partial charge is 0.268 e. The van der Waals surface area contributed by atoms with E-state index in [1.54, 1.807) is 17.8 Å². The molecule has 0 saturated heterocycles. The number of furan rings is 1. The maximum Gasteiger partial charge on any atom is 0.268 e. The molecule has 0 radical (unpaired) electrons. The molecule has 0 aliphatic heterocycles. The Morgan fingerprint density at radius 1 is 1.44 bits per heavy atom. The highest BCUT2D eigenvalue weighted by molar-refractivity contribution is 7.98. The number of amides is 1. The predicted molar refractivity (Wildman–Crippen MR) is 71.1 cm³/mol. The van der Waals surface area contributed by atoms with E-state index in [2.05, 4.69) is 11.5 Å². The average Bonchev–Trinajstić information content (AvgIpc) is 2.84. The first-order valence-electron chi connectivity index (χ1n) is 5.47. The zero-order valence-electron chi connectivity index (χ0n) is 9.97. The molecule has 2 rings (SSSR count). The lowest BCUT2D eigenvalue weighted by molar-refractivity contribution is 0.0952. The van der Waals surface area contributed by atoms with E-state index in [-0.39, 0.29) is 5.91 Å². The number of carbonyl (C=O) groups excluding carboxylic acids is 1. The standard InChI is InChI=1S/C13H14N2O2S/c1-9-3-2-4-10(7-9)18-8-12-11(5-6-17-12)13(16)15-14/h2-7H,8,14H2,1H3,(H,15,16). The molecule has 0 unspecified atom stereocenters. The fourth-order valence-corrected chi connectivity index (χ4v) is 2.55. The molecule has 0 spiro atoms. The number of rotatable bonds is 4. The second kappa shape index (κ2) is 5.75. The van der Waals surface area contributed by atoms with Crippen LogP contribution in [0.5, 0.6) is 0 Å². The molecule has 0 aliphatic carbocycles. The van der Waals surface area contributed by atoms with Crippen LogP contribution in [0.4, 0.5) is 0 Å². The first kappa shape index (κ1) is 12.7. The molecule has 1 aromatic heterocycles. The van der Waals surface area contributed by atoms with Gasteiger partial charge in [-0.15, -0.1) is 11.8 Å². The number of hydrogen-bond donors (Lipinski definition) is 2. The molecule has 0 aliphatic rings. The molecular formula is C13H14N2O2S. The van der Waals surface area contributed by atoms with Crippen LogP contribution in [-0.2, 0) is 5.75 Å². The molecule has 2 aromatic rings. The fourth-order valence-electron chi connectivity index (χ4n) is 1.59. The van der Waals surface area contributed by atoms with Gasteiger partial charge in [0.2, 0.25) is 0 Å². The minimum absolute atomic E-state index is 0.330. The van der Waals surface area contributed by atoms with E-state index in [9.17, 15) is 4.79 Å². The SMILES string of the molecule is Cc1cccc(SCc2occc2C(=O)NN)c1. The van der Waals surface area contributed by atoms with Gasteiger partial charge < -0.3 is 4.42 Å². The molecule has 1 amide bonds. The van der Waals surface area contributed by atoms with Gasteiger partial charge in [-0.1, -0.05) is 17.7 Å². The molecular weight excluding hydrogens is 248 g/mol. The summed E-state index contributed by atoms with van der Waals surface area (Å²) in [6.45, 7) is 2.05. The molecule has 4 nitrogen and oxygen atoms in total. The zero-order valence-corrected chi connectivity index (χ0v) is 10.8. The number of carbonyl (C=O) groups is 1. The van der Waals surface area contributed by atoms with Crippen molar-refractivity contribution in [3.63, 3.8) is 0 Å². The number of nitrogens with two attached hydrogens (primary N) is 1. The van der Waals surface area contributed by atoms with Crippen molar-refractivity contribution in [2.75, 3.05) is 0 Å². The summed E-state index contributed by atoms with van der Waals surface area (Å²) in [6, 6.07) is 9.80. The van der Waals surface area contributed by atoms with Crippen LogP contribution in [0.1, 0.15) is 21.7 Å². The monoisotopic (exact) mass is 262 g/mol. The largest absolute Gasteiger partial charge is 0.468 e. The minimum atomic E-state index is -0.330. The Hall–Kier alpha value is -1.72. The Morgan fingerprint density at radius 2 is 2.28 bits per heavy atom. The minimum Gasteiger partial charge on any atom is -0.468 e. The van der Waals surface area contributed by atoms with Crippen molar-refractivity contribution in [3.8, 4) is 0 Å². The van der Waals surface area contributed by atoms with Gasteiger partial charge >= 0.3 is 0 Å². The number of benzene rings is 1. The Balaban J connectivity index is 2.07. The molecule has 0 saturated carbocycles. The van der Waals surface area contributed by atoms with Gasteiger partial charge in [0.1, 0.15) is 5.76 Å². The third-order valence-electron chi connectivity index (χ3n) is 2.48. The van der Waals surface area contributed by atoms with Crippen LogP contribution in [0.15, 0.2) is 45.9 Å². The maximum absolute atomic E-state index is 11.5. The third kappa shape index (κ3) is 2.94. The van der Waals surface area contributed by atoms with E-state index in [0.29, 0.717) is 17.1 Å².